The Morgan fingerprint density at radius 2 is 2.27 bits per heavy atom. The van der Waals surface area contributed by atoms with Crippen LogP contribution in [0, 0.1) is 5.92 Å². The number of hydrogen-bond acceptors (Lipinski definition) is 3. The molecular formula is C10H15ClN2O2. The van der Waals surface area contributed by atoms with E-state index in [0.29, 0.717) is 35.5 Å². The van der Waals surface area contributed by atoms with Crippen molar-refractivity contribution in [3.63, 3.8) is 0 Å². The predicted molar refractivity (Wildman–Crippen MR) is 58.2 cm³/mol. The van der Waals surface area contributed by atoms with E-state index in [-0.39, 0.29) is 0 Å². The van der Waals surface area contributed by atoms with E-state index in [4.69, 9.17) is 16.3 Å². The van der Waals surface area contributed by atoms with Crippen LogP contribution in [0.25, 0.3) is 0 Å². The summed E-state index contributed by atoms with van der Waals surface area (Å²) in [6.45, 7) is 5.13. The van der Waals surface area contributed by atoms with Gasteiger partial charge in [-0.25, -0.2) is 0 Å². The minimum atomic E-state index is 0.304. The maximum atomic E-state index is 10.8. The van der Waals surface area contributed by atoms with Gasteiger partial charge < -0.3 is 4.74 Å². The van der Waals surface area contributed by atoms with Crippen molar-refractivity contribution >= 4 is 17.9 Å². The van der Waals surface area contributed by atoms with Gasteiger partial charge in [0.2, 0.25) is 0 Å². The Morgan fingerprint density at radius 1 is 1.60 bits per heavy atom. The van der Waals surface area contributed by atoms with Crippen LogP contribution in [0.3, 0.4) is 0 Å². The van der Waals surface area contributed by atoms with E-state index in [1.807, 2.05) is 0 Å². The molecule has 0 spiro atoms. The molecule has 0 aliphatic rings. The summed E-state index contributed by atoms with van der Waals surface area (Å²) in [5, 5.41) is 4.63. The number of ether oxygens (including phenoxy) is 1. The lowest BCUT2D eigenvalue weighted by atomic mass is 10.2. The van der Waals surface area contributed by atoms with Crippen LogP contribution in [0.5, 0.6) is 0 Å². The van der Waals surface area contributed by atoms with Crippen LogP contribution in [0.15, 0.2) is 0 Å². The van der Waals surface area contributed by atoms with Gasteiger partial charge in [-0.05, 0) is 5.92 Å². The molecule has 0 amide bonds. The van der Waals surface area contributed by atoms with Crippen molar-refractivity contribution in [1.29, 1.82) is 0 Å². The molecule has 0 saturated carbocycles. The van der Waals surface area contributed by atoms with E-state index in [1.165, 1.54) is 0 Å². The largest absolute Gasteiger partial charge is 0.378 e. The molecular weight excluding hydrogens is 216 g/mol. The van der Waals surface area contributed by atoms with Gasteiger partial charge in [0.15, 0.2) is 6.29 Å². The van der Waals surface area contributed by atoms with Gasteiger partial charge in [-0.2, -0.15) is 5.10 Å². The van der Waals surface area contributed by atoms with Crippen molar-refractivity contribution in [3.05, 3.63) is 16.4 Å². The van der Waals surface area contributed by atoms with E-state index >= 15 is 0 Å². The molecule has 1 heterocycles. The van der Waals surface area contributed by atoms with Gasteiger partial charge in [0, 0.05) is 13.7 Å². The maximum Gasteiger partial charge on any atom is 0.155 e. The van der Waals surface area contributed by atoms with E-state index in [1.54, 1.807) is 11.8 Å². The van der Waals surface area contributed by atoms with E-state index < -0.39 is 0 Å². The fourth-order valence-corrected chi connectivity index (χ4v) is 1.59. The lowest BCUT2D eigenvalue weighted by Gasteiger charge is -2.05. The van der Waals surface area contributed by atoms with Gasteiger partial charge in [-0.15, -0.1) is 0 Å². The topological polar surface area (TPSA) is 44.1 Å². The van der Waals surface area contributed by atoms with Gasteiger partial charge in [0.25, 0.3) is 0 Å². The molecule has 0 aliphatic carbocycles. The highest BCUT2D eigenvalue weighted by Gasteiger charge is 2.15. The molecule has 0 aromatic carbocycles. The summed E-state index contributed by atoms with van der Waals surface area (Å²) >= 11 is 6.02. The first-order valence-corrected chi connectivity index (χ1v) is 5.17. The van der Waals surface area contributed by atoms with Crippen LogP contribution in [-0.4, -0.2) is 23.2 Å². The minimum absolute atomic E-state index is 0.304. The van der Waals surface area contributed by atoms with Crippen molar-refractivity contribution in [3.8, 4) is 0 Å². The fourth-order valence-electron chi connectivity index (χ4n) is 1.33. The van der Waals surface area contributed by atoms with Gasteiger partial charge in [-0.1, -0.05) is 25.4 Å². The Hall–Kier alpha value is -0.870. The summed E-state index contributed by atoms with van der Waals surface area (Å²) in [7, 11) is 1.56. The SMILES string of the molecule is COCc1nn(CC(C)C)c(Cl)c1C=O. The highest BCUT2D eigenvalue weighted by molar-refractivity contribution is 6.32. The monoisotopic (exact) mass is 230 g/mol. The summed E-state index contributed by atoms with van der Waals surface area (Å²) in [5.74, 6) is 0.428. The quantitative estimate of drug-likeness (QED) is 0.728. The van der Waals surface area contributed by atoms with Crippen LogP contribution in [0.4, 0.5) is 0 Å². The second-order valence-corrected chi connectivity index (χ2v) is 4.14. The number of rotatable bonds is 5. The molecule has 0 aliphatic heterocycles. The Balaban J connectivity index is 3.03. The Bertz CT molecular complexity index is 347. The van der Waals surface area contributed by atoms with Crippen molar-refractivity contribution in [2.75, 3.05) is 7.11 Å². The number of nitrogens with zero attached hydrogens (tertiary/aromatic N) is 2. The third kappa shape index (κ3) is 2.79. The summed E-state index contributed by atoms with van der Waals surface area (Å²) in [5.41, 5.74) is 1.03. The van der Waals surface area contributed by atoms with E-state index in [2.05, 4.69) is 18.9 Å². The summed E-state index contributed by atoms with van der Waals surface area (Å²) in [6, 6.07) is 0. The molecule has 4 nitrogen and oxygen atoms in total. The van der Waals surface area contributed by atoms with Gasteiger partial charge >= 0.3 is 0 Å². The molecule has 15 heavy (non-hydrogen) atoms. The van der Waals surface area contributed by atoms with Crippen LogP contribution in [-0.2, 0) is 17.9 Å². The fraction of sp³-hybridized carbons (Fsp3) is 0.600. The number of methoxy groups -OCH3 is 1. The molecule has 0 saturated heterocycles. The Labute approximate surface area is 94.2 Å². The van der Waals surface area contributed by atoms with E-state index in [9.17, 15) is 4.79 Å². The number of aromatic nitrogens is 2. The molecule has 0 radical (unpaired) electrons. The molecule has 1 rings (SSSR count). The molecule has 0 fully saturated rings. The number of carbonyl (C=O) groups excluding carboxylic acids is 1. The maximum absolute atomic E-state index is 10.8. The molecule has 0 unspecified atom stereocenters. The van der Waals surface area contributed by atoms with Crippen LogP contribution in [0.1, 0.15) is 29.9 Å². The summed E-state index contributed by atoms with van der Waals surface area (Å²) in [4.78, 5) is 10.8. The highest BCUT2D eigenvalue weighted by Crippen LogP contribution is 2.19. The van der Waals surface area contributed by atoms with Gasteiger partial charge in [0.1, 0.15) is 10.8 Å². The second-order valence-electron chi connectivity index (χ2n) is 3.78. The number of halogens is 1. The molecule has 0 N–H and O–H groups in total. The smallest absolute Gasteiger partial charge is 0.155 e. The summed E-state index contributed by atoms with van der Waals surface area (Å²) < 4.78 is 6.59. The van der Waals surface area contributed by atoms with Gasteiger partial charge in [-0.3, -0.25) is 9.48 Å². The zero-order chi connectivity index (χ0) is 11.4. The molecule has 0 bridgehead atoms. The lowest BCUT2D eigenvalue weighted by Crippen LogP contribution is -2.06. The average molecular weight is 231 g/mol. The second kappa shape index (κ2) is 5.28. The third-order valence-corrected chi connectivity index (χ3v) is 2.34. The van der Waals surface area contributed by atoms with Crippen molar-refractivity contribution in [1.82, 2.24) is 9.78 Å². The predicted octanol–water partition coefficient (Wildman–Crippen LogP) is 2.15. The Kier molecular flexibility index (Phi) is 4.29. The first kappa shape index (κ1) is 12.2. The molecule has 1 aromatic heterocycles. The van der Waals surface area contributed by atoms with Crippen LogP contribution >= 0.6 is 11.6 Å². The minimum Gasteiger partial charge on any atom is -0.378 e. The summed E-state index contributed by atoms with van der Waals surface area (Å²) in [6.07, 6.45) is 0.723. The average Bonchev–Trinajstić information content (AvgIpc) is 2.43. The van der Waals surface area contributed by atoms with Crippen molar-refractivity contribution < 1.29 is 9.53 Å². The first-order chi connectivity index (χ1) is 7.10. The number of aldehydes is 1. The zero-order valence-electron chi connectivity index (χ0n) is 9.16. The van der Waals surface area contributed by atoms with E-state index in [0.717, 1.165) is 6.29 Å². The van der Waals surface area contributed by atoms with Crippen molar-refractivity contribution in [2.45, 2.75) is 27.0 Å². The van der Waals surface area contributed by atoms with Gasteiger partial charge in [0.05, 0.1) is 12.2 Å². The van der Waals surface area contributed by atoms with Crippen molar-refractivity contribution in [2.24, 2.45) is 5.92 Å². The number of carbonyl (C=O) groups is 1. The van der Waals surface area contributed by atoms with Crippen LogP contribution < -0.4 is 0 Å². The first-order valence-electron chi connectivity index (χ1n) is 4.79. The Morgan fingerprint density at radius 3 is 2.73 bits per heavy atom. The third-order valence-electron chi connectivity index (χ3n) is 1.94. The van der Waals surface area contributed by atoms with Crippen LogP contribution in [0.2, 0.25) is 5.15 Å². The molecule has 84 valence electrons. The zero-order valence-corrected chi connectivity index (χ0v) is 9.91. The number of hydrogen-bond donors (Lipinski definition) is 0. The lowest BCUT2D eigenvalue weighted by molar-refractivity contribution is 0.111. The molecule has 5 heteroatoms. The standard InChI is InChI=1S/C10H15ClN2O2/c1-7(2)4-13-10(11)8(5-14)9(12-13)6-15-3/h5,7H,4,6H2,1-3H3. The normalized spacial score (nSPS) is 11.0. The molecule has 1 aromatic rings. The highest BCUT2D eigenvalue weighted by atomic mass is 35.5. The molecule has 0 atom stereocenters.